The summed E-state index contributed by atoms with van der Waals surface area (Å²) in [5, 5.41) is 3.23. The monoisotopic (exact) mass is 294 g/mol. The molecule has 21 heavy (non-hydrogen) atoms. The van der Waals surface area contributed by atoms with Crippen LogP contribution in [-0.4, -0.2) is 42.6 Å². The molecule has 2 rings (SSSR count). The molecule has 2 atom stereocenters. The Morgan fingerprint density at radius 1 is 1.57 bits per heavy atom. The first-order valence-electron chi connectivity index (χ1n) is 7.38. The van der Waals surface area contributed by atoms with Crippen LogP contribution in [0.15, 0.2) is 24.3 Å². The number of halogens is 1. The molecular weight excluding hydrogens is 271 g/mol. The Labute approximate surface area is 125 Å². The van der Waals surface area contributed by atoms with E-state index in [4.69, 9.17) is 4.74 Å². The fourth-order valence-corrected chi connectivity index (χ4v) is 2.81. The van der Waals surface area contributed by atoms with Gasteiger partial charge in [-0.25, -0.2) is 9.18 Å². The van der Waals surface area contributed by atoms with Gasteiger partial charge >= 0.3 is 5.97 Å². The molecule has 0 saturated carbocycles. The lowest BCUT2D eigenvalue weighted by molar-refractivity contribution is -0.151. The Morgan fingerprint density at radius 2 is 2.33 bits per heavy atom. The highest BCUT2D eigenvalue weighted by Gasteiger charge is 2.44. The van der Waals surface area contributed by atoms with Crippen molar-refractivity contribution >= 4 is 11.7 Å². The number of rotatable bonds is 4. The minimum Gasteiger partial charge on any atom is -0.464 e. The SMILES string of the molecule is CCOC(=O)C1(Nc2cccc(F)c2)CCN(C)C(C)C1. The maximum Gasteiger partial charge on any atom is 0.331 e. The smallest absolute Gasteiger partial charge is 0.331 e. The van der Waals surface area contributed by atoms with Crippen molar-refractivity contribution in [3.05, 3.63) is 30.1 Å². The molecule has 2 unspecified atom stereocenters. The quantitative estimate of drug-likeness (QED) is 0.867. The van der Waals surface area contributed by atoms with Crippen molar-refractivity contribution in [1.82, 2.24) is 4.90 Å². The molecule has 1 saturated heterocycles. The zero-order valence-electron chi connectivity index (χ0n) is 12.9. The summed E-state index contributed by atoms with van der Waals surface area (Å²) in [5.41, 5.74) is -0.171. The van der Waals surface area contributed by atoms with E-state index in [2.05, 4.69) is 17.1 Å². The summed E-state index contributed by atoms with van der Waals surface area (Å²) in [4.78, 5) is 14.7. The number of nitrogens with zero attached hydrogens (tertiary/aromatic N) is 1. The van der Waals surface area contributed by atoms with E-state index in [1.807, 2.05) is 7.05 Å². The van der Waals surface area contributed by atoms with Crippen LogP contribution in [0.25, 0.3) is 0 Å². The first-order valence-corrected chi connectivity index (χ1v) is 7.38. The number of likely N-dealkylation sites (tertiary alicyclic amines) is 1. The third-order valence-corrected chi connectivity index (χ3v) is 4.16. The number of carbonyl (C=O) groups excluding carboxylic acids is 1. The largest absolute Gasteiger partial charge is 0.464 e. The number of anilines is 1. The Kier molecular flexibility index (Phi) is 4.83. The van der Waals surface area contributed by atoms with Crippen LogP contribution in [0.2, 0.25) is 0 Å². The molecule has 1 aromatic carbocycles. The fraction of sp³-hybridized carbons (Fsp3) is 0.562. The van der Waals surface area contributed by atoms with Crippen LogP contribution in [0.5, 0.6) is 0 Å². The van der Waals surface area contributed by atoms with E-state index in [0.717, 1.165) is 6.54 Å². The predicted octanol–water partition coefficient (Wildman–Crippen LogP) is 2.65. The van der Waals surface area contributed by atoms with Gasteiger partial charge in [-0.05, 0) is 51.9 Å². The molecule has 1 N–H and O–H groups in total. The van der Waals surface area contributed by atoms with Gasteiger partial charge in [-0.3, -0.25) is 0 Å². The van der Waals surface area contributed by atoms with Gasteiger partial charge in [0, 0.05) is 18.3 Å². The molecule has 1 aromatic rings. The lowest BCUT2D eigenvalue weighted by Gasteiger charge is -2.43. The number of carbonyl (C=O) groups is 1. The van der Waals surface area contributed by atoms with Crippen LogP contribution >= 0.6 is 0 Å². The molecule has 1 aliphatic rings. The number of hydrogen-bond donors (Lipinski definition) is 1. The van der Waals surface area contributed by atoms with Crippen LogP contribution in [0.4, 0.5) is 10.1 Å². The molecule has 0 bridgehead atoms. The van der Waals surface area contributed by atoms with Crippen molar-refractivity contribution in [3.63, 3.8) is 0 Å². The summed E-state index contributed by atoms with van der Waals surface area (Å²) in [6.45, 7) is 5.02. The summed E-state index contributed by atoms with van der Waals surface area (Å²) < 4.78 is 18.6. The standard InChI is InChI=1S/C16H23FN2O2/c1-4-21-15(20)16(8-9-19(3)12(2)11-16)18-14-7-5-6-13(17)10-14/h5-7,10,12,18H,4,8-9,11H2,1-3H3. The zero-order chi connectivity index (χ0) is 15.5. The van der Waals surface area contributed by atoms with Gasteiger partial charge in [-0.1, -0.05) is 6.07 Å². The lowest BCUT2D eigenvalue weighted by atomic mass is 9.83. The molecule has 0 aromatic heterocycles. The molecule has 4 nitrogen and oxygen atoms in total. The molecule has 1 fully saturated rings. The minimum atomic E-state index is -0.782. The summed E-state index contributed by atoms with van der Waals surface area (Å²) >= 11 is 0. The molecule has 1 aliphatic heterocycles. The Hall–Kier alpha value is -1.62. The van der Waals surface area contributed by atoms with Gasteiger partial charge in [-0.15, -0.1) is 0 Å². The van der Waals surface area contributed by atoms with Crippen molar-refractivity contribution in [2.24, 2.45) is 0 Å². The highest BCUT2D eigenvalue weighted by atomic mass is 19.1. The number of nitrogens with one attached hydrogen (secondary N) is 1. The van der Waals surface area contributed by atoms with Gasteiger partial charge < -0.3 is 15.0 Å². The molecule has 1 heterocycles. The van der Waals surface area contributed by atoms with E-state index in [1.165, 1.54) is 12.1 Å². The topological polar surface area (TPSA) is 41.6 Å². The number of esters is 1. The van der Waals surface area contributed by atoms with Crippen LogP contribution < -0.4 is 5.32 Å². The van der Waals surface area contributed by atoms with Gasteiger partial charge in [0.05, 0.1) is 6.61 Å². The second kappa shape index (κ2) is 6.43. The summed E-state index contributed by atoms with van der Waals surface area (Å²) in [5.74, 6) is -0.575. The van der Waals surface area contributed by atoms with Crippen LogP contribution in [0.3, 0.4) is 0 Å². The van der Waals surface area contributed by atoms with E-state index in [0.29, 0.717) is 25.1 Å². The fourth-order valence-electron chi connectivity index (χ4n) is 2.81. The lowest BCUT2D eigenvalue weighted by Crippen LogP contribution is -2.57. The summed E-state index contributed by atoms with van der Waals surface area (Å²) in [6, 6.07) is 6.45. The van der Waals surface area contributed by atoms with Crippen molar-refractivity contribution in [2.45, 2.75) is 38.3 Å². The van der Waals surface area contributed by atoms with E-state index in [1.54, 1.807) is 19.1 Å². The molecule has 0 amide bonds. The molecule has 0 spiro atoms. The first-order chi connectivity index (χ1) is 9.97. The zero-order valence-corrected chi connectivity index (χ0v) is 12.9. The summed E-state index contributed by atoms with van der Waals surface area (Å²) in [6.07, 6.45) is 1.28. The first kappa shape index (κ1) is 15.8. The maximum absolute atomic E-state index is 13.4. The van der Waals surface area contributed by atoms with Crippen molar-refractivity contribution in [1.29, 1.82) is 0 Å². The molecule has 116 valence electrons. The maximum atomic E-state index is 13.4. The number of ether oxygens (including phenoxy) is 1. The average molecular weight is 294 g/mol. The highest BCUT2D eigenvalue weighted by Crippen LogP contribution is 2.31. The predicted molar refractivity (Wildman–Crippen MR) is 80.7 cm³/mol. The Balaban J connectivity index is 2.26. The van der Waals surface area contributed by atoms with Gasteiger partial charge in [0.1, 0.15) is 11.4 Å². The second-order valence-corrected chi connectivity index (χ2v) is 5.72. The van der Waals surface area contributed by atoms with E-state index in [-0.39, 0.29) is 17.8 Å². The second-order valence-electron chi connectivity index (χ2n) is 5.72. The third-order valence-electron chi connectivity index (χ3n) is 4.16. The molecule has 5 heteroatoms. The minimum absolute atomic E-state index is 0.254. The summed E-state index contributed by atoms with van der Waals surface area (Å²) in [7, 11) is 2.04. The van der Waals surface area contributed by atoms with E-state index >= 15 is 0 Å². The van der Waals surface area contributed by atoms with Crippen molar-refractivity contribution in [2.75, 3.05) is 25.5 Å². The average Bonchev–Trinajstić information content (AvgIpc) is 2.43. The molecule has 0 radical (unpaired) electrons. The van der Waals surface area contributed by atoms with Crippen LogP contribution in [0.1, 0.15) is 26.7 Å². The van der Waals surface area contributed by atoms with Gasteiger partial charge in [0.2, 0.25) is 0 Å². The third kappa shape index (κ3) is 3.53. The number of piperidine rings is 1. The van der Waals surface area contributed by atoms with E-state index < -0.39 is 5.54 Å². The highest BCUT2D eigenvalue weighted by molar-refractivity contribution is 5.85. The van der Waals surface area contributed by atoms with Crippen LogP contribution in [-0.2, 0) is 9.53 Å². The van der Waals surface area contributed by atoms with Gasteiger partial charge in [-0.2, -0.15) is 0 Å². The van der Waals surface area contributed by atoms with E-state index in [9.17, 15) is 9.18 Å². The molecular formula is C16H23FN2O2. The van der Waals surface area contributed by atoms with Crippen LogP contribution in [0, 0.1) is 5.82 Å². The van der Waals surface area contributed by atoms with Gasteiger partial charge in [0.25, 0.3) is 0 Å². The normalized spacial score (nSPS) is 26.4. The number of hydrogen-bond acceptors (Lipinski definition) is 4. The Morgan fingerprint density at radius 3 is 2.95 bits per heavy atom. The van der Waals surface area contributed by atoms with Crippen molar-refractivity contribution < 1.29 is 13.9 Å². The Bertz CT molecular complexity index is 509. The van der Waals surface area contributed by atoms with Gasteiger partial charge in [0.15, 0.2) is 0 Å². The molecule has 0 aliphatic carbocycles. The number of benzene rings is 1. The van der Waals surface area contributed by atoms with Crippen molar-refractivity contribution in [3.8, 4) is 0 Å².